The number of hydrogen-bond donors (Lipinski definition) is 1. The Morgan fingerprint density at radius 3 is 3.00 bits per heavy atom. The van der Waals surface area contributed by atoms with E-state index in [0.29, 0.717) is 0 Å². The summed E-state index contributed by atoms with van der Waals surface area (Å²) in [4.78, 5) is 2.32. The predicted molar refractivity (Wildman–Crippen MR) is 74.9 cm³/mol. The van der Waals surface area contributed by atoms with E-state index in [1.165, 1.54) is 11.4 Å². The molecular formula is C14H21N5O. The number of hydrogen-bond acceptors (Lipinski definition) is 4. The van der Waals surface area contributed by atoms with Gasteiger partial charge in [-0.05, 0) is 25.5 Å². The first-order valence-corrected chi connectivity index (χ1v) is 7.02. The van der Waals surface area contributed by atoms with Crippen molar-refractivity contribution in [2.45, 2.75) is 39.0 Å². The molecule has 0 radical (unpaired) electrons. The maximum Gasteiger partial charge on any atom is 0.0597 e. The van der Waals surface area contributed by atoms with E-state index in [-0.39, 0.29) is 12.6 Å². The molecule has 2 aromatic rings. The van der Waals surface area contributed by atoms with Gasteiger partial charge in [-0.3, -0.25) is 14.3 Å². The number of aliphatic hydroxyl groups excluding tert-OH is 1. The van der Waals surface area contributed by atoms with Crippen LogP contribution in [0.15, 0.2) is 18.3 Å². The van der Waals surface area contributed by atoms with Crippen molar-refractivity contribution in [2.24, 2.45) is 7.05 Å². The number of aryl methyl sites for hydroxylation is 3. The first kappa shape index (κ1) is 13.3. The summed E-state index contributed by atoms with van der Waals surface area (Å²) in [6, 6.07) is 4.34. The van der Waals surface area contributed by atoms with Gasteiger partial charge in [-0.2, -0.15) is 10.2 Å². The zero-order chi connectivity index (χ0) is 14.1. The molecule has 108 valence electrons. The van der Waals surface area contributed by atoms with Gasteiger partial charge in [0, 0.05) is 38.9 Å². The second kappa shape index (κ2) is 5.38. The van der Waals surface area contributed by atoms with Crippen LogP contribution in [0, 0.1) is 6.92 Å². The fraction of sp³-hybridized carbons (Fsp3) is 0.571. The first-order chi connectivity index (χ1) is 9.67. The highest BCUT2D eigenvalue weighted by Crippen LogP contribution is 2.19. The molecule has 1 aliphatic heterocycles. The summed E-state index contributed by atoms with van der Waals surface area (Å²) in [5, 5.41) is 18.4. The van der Waals surface area contributed by atoms with Gasteiger partial charge < -0.3 is 5.11 Å². The molecule has 0 saturated carbocycles. The molecule has 1 aliphatic rings. The molecule has 20 heavy (non-hydrogen) atoms. The normalized spacial score (nSPS) is 19.9. The smallest absolute Gasteiger partial charge is 0.0597 e. The van der Waals surface area contributed by atoms with Gasteiger partial charge >= 0.3 is 0 Å². The van der Waals surface area contributed by atoms with Gasteiger partial charge in [0.25, 0.3) is 0 Å². The van der Waals surface area contributed by atoms with E-state index in [9.17, 15) is 5.11 Å². The summed E-state index contributed by atoms with van der Waals surface area (Å²) in [5.41, 5.74) is 3.41. The monoisotopic (exact) mass is 275 g/mol. The third-order valence-electron chi connectivity index (χ3n) is 4.03. The minimum Gasteiger partial charge on any atom is -0.395 e. The summed E-state index contributed by atoms with van der Waals surface area (Å²) < 4.78 is 3.96. The fourth-order valence-corrected chi connectivity index (χ4v) is 2.90. The lowest BCUT2D eigenvalue weighted by atomic mass is 10.2. The van der Waals surface area contributed by atoms with Gasteiger partial charge in [0.1, 0.15) is 0 Å². The molecule has 1 N–H and O–H groups in total. The van der Waals surface area contributed by atoms with Crippen molar-refractivity contribution in [3.05, 3.63) is 35.4 Å². The minimum atomic E-state index is 0.173. The summed E-state index contributed by atoms with van der Waals surface area (Å²) >= 11 is 0. The van der Waals surface area contributed by atoms with E-state index in [1.54, 1.807) is 0 Å². The molecule has 0 aromatic carbocycles. The molecule has 0 saturated heterocycles. The molecule has 0 fully saturated rings. The maximum absolute atomic E-state index is 9.66. The van der Waals surface area contributed by atoms with Crippen LogP contribution in [0.4, 0.5) is 0 Å². The van der Waals surface area contributed by atoms with Crippen molar-refractivity contribution in [1.82, 2.24) is 24.5 Å². The lowest BCUT2D eigenvalue weighted by molar-refractivity contribution is 0.105. The number of rotatable bonds is 3. The summed E-state index contributed by atoms with van der Waals surface area (Å²) in [7, 11) is 1.97. The number of nitrogens with zero attached hydrogens (tertiary/aromatic N) is 5. The molecule has 0 aliphatic carbocycles. The van der Waals surface area contributed by atoms with E-state index < -0.39 is 0 Å². The lowest BCUT2D eigenvalue weighted by Gasteiger charge is -2.27. The third-order valence-corrected chi connectivity index (χ3v) is 4.03. The van der Waals surface area contributed by atoms with Gasteiger partial charge in [0.05, 0.1) is 23.7 Å². The van der Waals surface area contributed by atoms with Gasteiger partial charge in [-0.1, -0.05) is 0 Å². The highest BCUT2D eigenvalue weighted by Gasteiger charge is 2.24. The molecule has 0 bridgehead atoms. The molecule has 6 nitrogen and oxygen atoms in total. The Balaban J connectivity index is 1.83. The molecule has 0 amide bonds. The molecule has 0 spiro atoms. The van der Waals surface area contributed by atoms with Crippen molar-refractivity contribution >= 4 is 0 Å². The van der Waals surface area contributed by atoms with Crippen LogP contribution in [-0.4, -0.2) is 42.2 Å². The Bertz CT molecular complexity index is 588. The Kier molecular flexibility index (Phi) is 3.58. The first-order valence-electron chi connectivity index (χ1n) is 7.02. The summed E-state index contributed by atoms with van der Waals surface area (Å²) in [5.74, 6) is 0. The zero-order valence-corrected chi connectivity index (χ0v) is 12.0. The summed E-state index contributed by atoms with van der Waals surface area (Å²) in [6.07, 6.45) is 2.77. The molecule has 3 rings (SSSR count). The Hall–Kier alpha value is -1.66. The van der Waals surface area contributed by atoms with Crippen LogP contribution in [0.5, 0.6) is 0 Å². The van der Waals surface area contributed by atoms with Gasteiger partial charge in [0.15, 0.2) is 0 Å². The van der Waals surface area contributed by atoms with Crippen molar-refractivity contribution in [2.75, 3.05) is 6.61 Å². The van der Waals surface area contributed by atoms with Crippen molar-refractivity contribution in [3.63, 3.8) is 0 Å². The van der Waals surface area contributed by atoms with Crippen LogP contribution >= 0.6 is 0 Å². The van der Waals surface area contributed by atoms with E-state index >= 15 is 0 Å². The van der Waals surface area contributed by atoms with Crippen LogP contribution in [0.3, 0.4) is 0 Å². The van der Waals surface area contributed by atoms with Crippen molar-refractivity contribution < 1.29 is 5.11 Å². The molecule has 6 heteroatoms. The van der Waals surface area contributed by atoms with Gasteiger partial charge in [0.2, 0.25) is 0 Å². The predicted octanol–water partition coefficient (Wildman–Crippen LogP) is 0.692. The Labute approximate surface area is 118 Å². The Morgan fingerprint density at radius 1 is 1.45 bits per heavy atom. The van der Waals surface area contributed by atoms with Crippen LogP contribution in [0.1, 0.15) is 23.5 Å². The molecule has 2 aromatic heterocycles. The highest BCUT2D eigenvalue weighted by atomic mass is 16.3. The van der Waals surface area contributed by atoms with Crippen molar-refractivity contribution in [3.8, 4) is 0 Å². The SMILES string of the molecule is Cc1cc(CN2Cc3ccnn3CC[C@@H]2CO)n(C)n1. The minimum absolute atomic E-state index is 0.173. The lowest BCUT2D eigenvalue weighted by Crippen LogP contribution is -2.36. The van der Waals surface area contributed by atoms with Gasteiger partial charge in [-0.25, -0.2) is 0 Å². The average molecular weight is 275 g/mol. The number of aromatic nitrogens is 4. The largest absolute Gasteiger partial charge is 0.395 e. The number of aliphatic hydroxyl groups is 1. The molecular weight excluding hydrogens is 254 g/mol. The van der Waals surface area contributed by atoms with E-state index in [2.05, 4.69) is 27.2 Å². The average Bonchev–Trinajstić information content (AvgIpc) is 2.93. The van der Waals surface area contributed by atoms with Crippen LogP contribution in [-0.2, 0) is 26.7 Å². The van der Waals surface area contributed by atoms with Crippen molar-refractivity contribution in [1.29, 1.82) is 0 Å². The topological polar surface area (TPSA) is 59.1 Å². The standard InChI is InChI=1S/C14H21N5O/c1-11-7-14(17(2)16-11)9-18-8-12-3-5-15-19(12)6-4-13(18)10-20/h3,5,7,13,20H,4,6,8-10H2,1-2H3/t13-/m1/s1. The molecule has 1 atom stereocenters. The van der Waals surface area contributed by atoms with E-state index in [0.717, 1.165) is 31.7 Å². The molecule has 0 unspecified atom stereocenters. The maximum atomic E-state index is 9.66. The Morgan fingerprint density at radius 2 is 2.30 bits per heavy atom. The second-order valence-corrected chi connectivity index (χ2v) is 5.48. The highest BCUT2D eigenvalue weighted by molar-refractivity contribution is 5.10. The fourth-order valence-electron chi connectivity index (χ4n) is 2.90. The zero-order valence-electron chi connectivity index (χ0n) is 12.0. The van der Waals surface area contributed by atoms with E-state index in [1.807, 2.05) is 29.5 Å². The number of fused-ring (bicyclic) bond motifs is 1. The molecule has 3 heterocycles. The second-order valence-electron chi connectivity index (χ2n) is 5.48. The van der Waals surface area contributed by atoms with Gasteiger partial charge in [-0.15, -0.1) is 0 Å². The summed E-state index contributed by atoms with van der Waals surface area (Å²) in [6.45, 7) is 4.67. The van der Waals surface area contributed by atoms with Crippen LogP contribution < -0.4 is 0 Å². The third kappa shape index (κ3) is 2.48. The van der Waals surface area contributed by atoms with E-state index in [4.69, 9.17) is 0 Å². The van der Waals surface area contributed by atoms with Crippen LogP contribution in [0.2, 0.25) is 0 Å². The quantitative estimate of drug-likeness (QED) is 0.895. The van der Waals surface area contributed by atoms with Crippen LogP contribution in [0.25, 0.3) is 0 Å².